The van der Waals surface area contributed by atoms with Crippen molar-refractivity contribution in [2.45, 2.75) is 6.54 Å². The fourth-order valence-corrected chi connectivity index (χ4v) is 3.72. The number of hydrazone groups is 1. The maximum atomic E-state index is 6.29. The monoisotopic (exact) mass is 364 g/mol. The van der Waals surface area contributed by atoms with Crippen molar-refractivity contribution in [2.75, 3.05) is 26.2 Å². The van der Waals surface area contributed by atoms with Crippen molar-refractivity contribution in [1.82, 2.24) is 5.01 Å². The second kappa shape index (κ2) is 7.90. The predicted molar refractivity (Wildman–Crippen MR) is 109 cm³/mol. The Morgan fingerprint density at radius 3 is 2.50 bits per heavy atom. The van der Waals surface area contributed by atoms with Crippen LogP contribution in [0.5, 0.6) is 0 Å². The average Bonchev–Trinajstić information content (AvgIpc) is 2.69. The van der Waals surface area contributed by atoms with Crippen LogP contribution in [-0.4, -0.2) is 37.4 Å². The van der Waals surface area contributed by atoms with Crippen molar-refractivity contribution in [3.63, 3.8) is 0 Å². The normalized spacial score (nSPS) is 15.8. The van der Waals surface area contributed by atoms with E-state index in [4.69, 9.17) is 16.7 Å². The molecule has 1 N–H and O–H groups in total. The van der Waals surface area contributed by atoms with Gasteiger partial charge < -0.3 is 4.90 Å². The molecule has 0 spiro atoms. The van der Waals surface area contributed by atoms with Crippen LogP contribution in [0.3, 0.4) is 0 Å². The molecule has 3 aromatic carbocycles. The minimum Gasteiger partial charge on any atom is -0.328 e. The van der Waals surface area contributed by atoms with Gasteiger partial charge in [-0.25, -0.2) is 0 Å². The van der Waals surface area contributed by atoms with Crippen molar-refractivity contribution in [3.05, 3.63) is 82.9 Å². The van der Waals surface area contributed by atoms with Crippen LogP contribution in [0.15, 0.2) is 71.8 Å². The molecule has 132 valence electrons. The van der Waals surface area contributed by atoms with Gasteiger partial charge in [0.25, 0.3) is 0 Å². The van der Waals surface area contributed by atoms with E-state index >= 15 is 0 Å². The van der Waals surface area contributed by atoms with Gasteiger partial charge in [0.2, 0.25) is 0 Å². The minimum atomic E-state index is 0.872. The number of hydrogen-bond acceptors (Lipinski definition) is 2. The molecule has 1 fully saturated rings. The molecule has 0 aliphatic carbocycles. The molecule has 0 atom stereocenters. The first-order chi connectivity index (χ1) is 12.8. The van der Waals surface area contributed by atoms with Gasteiger partial charge in [-0.2, -0.15) is 5.10 Å². The largest absolute Gasteiger partial charge is 0.328 e. The third-order valence-corrected chi connectivity index (χ3v) is 5.40. The molecule has 0 amide bonds. The van der Waals surface area contributed by atoms with Crippen molar-refractivity contribution in [3.8, 4) is 0 Å². The summed E-state index contributed by atoms with van der Waals surface area (Å²) in [5.74, 6) is 0. The summed E-state index contributed by atoms with van der Waals surface area (Å²) >= 11 is 6.29. The average molecular weight is 365 g/mol. The first-order valence-corrected chi connectivity index (χ1v) is 9.51. The van der Waals surface area contributed by atoms with E-state index in [1.807, 2.05) is 18.3 Å². The summed E-state index contributed by atoms with van der Waals surface area (Å²) in [6.07, 6.45) is 2.00. The molecular weight excluding hydrogens is 342 g/mol. The lowest BCUT2D eigenvalue weighted by Crippen LogP contribution is -3.13. The first-order valence-electron chi connectivity index (χ1n) is 9.13. The van der Waals surface area contributed by atoms with Crippen LogP contribution < -0.4 is 4.90 Å². The van der Waals surface area contributed by atoms with Gasteiger partial charge in [-0.1, -0.05) is 72.3 Å². The van der Waals surface area contributed by atoms with Gasteiger partial charge in [0.15, 0.2) is 0 Å². The molecule has 1 aliphatic heterocycles. The zero-order valence-electron chi connectivity index (χ0n) is 14.7. The number of hydrogen-bond donors (Lipinski definition) is 1. The summed E-state index contributed by atoms with van der Waals surface area (Å²) < 4.78 is 0. The highest BCUT2D eigenvalue weighted by molar-refractivity contribution is 6.31. The SMILES string of the molecule is Clc1ccccc1C[NH+]1CCN(/N=C/c2cccc3ccccc23)CC1. The van der Waals surface area contributed by atoms with Crippen LogP contribution in [-0.2, 0) is 6.54 Å². The Morgan fingerprint density at radius 1 is 0.923 bits per heavy atom. The van der Waals surface area contributed by atoms with E-state index in [0.717, 1.165) is 37.7 Å². The number of nitrogens with one attached hydrogen (secondary N) is 1. The third kappa shape index (κ3) is 3.90. The van der Waals surface area contributed by atoms with Crippen LogP contribution >= 0.6 is 11.6 Å². The molecule has 26 heavy (non-hydrogen) atoms. The van der Waals surface area contributed by atoms with Crippen LogP contribution in [0.2, 0.25) is 5.02 Å². The molecule has 4 heteroatoms. The molecular formula is C22H23ClN3+. The Balaban J connectivity index is 1.38. The fraction of sp³-hybridized carbons (Fsp3) is 0.227. The van der Waals surface area contributed by atoms with Gasteiger partial charge in [-0.15, -0.1) is 0 Å². The number of halogens is 1. The number of quaternary nitrogens is 1. The van der Waals surface area contributed by atoms with E-state index in [1.165, 1.54) is 21.9 Å². The van der Waals surface area contributed by atoms with Crippen LogP contribution in [0, 0.1) is 0 Å². The minimum absolute atomic E-state index is 0.872. The number of benzene rings is 3. The lowest BCUT2D eigenvalue weighted by molar-refractivity contribution is -0.918. The molecule has 0 bridgehead atoms. The number of nitrogens with zero attached hydrogens (tertiary/aromatic N) is 2. The maximum Gasteiger partial charge on any atom is 0.104 e. The molecule has 1 aliphatic rings. The van der Waals surface area contributed by atoms with Crippen LogP contribution in [0.25, 0.3) is 10.8 Å². The van der Waals surface area contributed by atoms with Crippen molar-refractivity contribution in [1.29, 1.82) is 0 Å². The van der Waals surface area contributed by atoms with E-state index < -0.39 is 0 Å². The Labute approximate surface area is 159 Å². The Morgan fingerprint density at radius 2 is 1.65 bits per heavy atom. The Hall–Kier alpha value is -2.36. The highest BCUT2D eigenvalue weighted by Crippen LogP contribution is 2.17. The quantitative estimate of drug-likeness (QED) is 0.705. The summed E-state index contributed by atoms with van der Waals surface area (Å²) in [5.41, 5.74) is 2.41. The summed E-state index contributed by atoms with van der Waals surface area (Å²) in [6, 6.07) is 23.0. The van der Waals surface area contributed by atoms with Crippen molar-refractivity contribution < 1.29 is 4.90 Å². The fourth-order valence-electron chi connectivity index (χ4n) is 3.52. The zero-order chi connectivity index (χ0) is 17.8. The first kappa shape index (κ1) is 17.1. The zero-order valence-corrected chi connectivity index (χ0v) is 15.5. The molecule has 0 saturated carbocycles. The lowest BCUT2D eigenvalue weighted by atomic mass is 10.1. The number of fused-ring (bicyclic) bond motifs is 1. The van der Waals surface area contributed by atoms with E-state index in [0.29, 0.717) is 0 Å². The van der Waals surface area contributed by atoms with Gasteiger partial charge in [-0.05, 0) is 16.8 Å². The van der Waals surface area contributed by atoms with Crippen LogP contribution in [0.1, 0.15) is 11.1 Å². The van der Waals surface area contributed by atoms with Crippen molar-refractivity contribution in [2.24, 2.45) is 5.10 Å². The summed E-state index contributed by atoms with van der Waals surface area (Å²) in [4.78, 5) is 1.56. The smallest absolute Gasteiger partial charge is 0.104 e. The second-order valence-corrected chi connectivity index (χ2v) is 7.19. The van der Waals surface area contributed by atoms with E-state index in [-0.39, 0.29) is 0 Å². The lowest BCUT2D eigenvalue weighted by Gasteiger charge is -2.30. The third-order valence-electron chi connectivity index (χ3n) is 5.03. The molecule has 1 heterocycles. The molecule has 1 saturated heterocycles. The molecule has 3 nitrogen and oxygen atoms in total. The summed E-state index contributed by atoms with van der Waals surface area (Å²) in [6.45, 7) is 5.10. The van der Waals surface area contributed by atoms with Gasteiger partial charge in [0.1, 0.15) is 6.54 Å². The topological polar surface area (TPSA) is 20.0 Å². The van der Waals surface area contributed by atoms with Crippen LogP contribution in [0.4, 0.5) is 0 Å². The molecule has 4 rings (SSSR count). The van der Waals surface area contributed by atoms with Gasteiger partial charge >= 0.3 is 0 Å². The van der Waals surface area contributed by atoms with Gasteiger partial charge in [0.05, 0.1) is 32.4 Å². The number of rotatable bonds is 4. The Bertz CT molecular complexity index is 909. The molecule has 0 aromatic heterocycles. The van der Waals surface area contributed by atoms with E-state index in [2.05, 4.69) is 59.6 Å². The molecule has 0 unspecified atom stereocenters. The summed E-state index contributed by atoms with van der Waals surface area (Å²) in [7, 11) is 0. The van der Waals surface area contributed by atoms with Gasteiger partial charge in [0, 0.05) is 16.1 Å². The second-order valence-electron chi connectivity index (χ2n) is 6.78. The number of piperazine rings is 1. The molecule has 0 radical (unpaired) electrons. The Kier molecular flexibility index (Phi) is 5.19. The molecule has 3 aromatic rings. The van der Waals surface area contributed by atoms with Crippen molar-refractivity contribution >= 4 is 28.6 Å². The predicted octanol–water partition coefficient (Wildman–Crippen LogP) is 3.23. The van der Waals surface area contributed by atoms with E-state index in [9.17, 15) is 0 Å². The highest BCUT2D eigenvalue weighted by atomic mass is 35.5. The maximum absolute atomic E-state index is 6.29. The standard InChI is InChI=1S/C22H22ClN3/c23-22-11-4-2-7-20(22)17-25-12-14-26(15-13-25)24-16-19-9-5-8-18-6-1-3-10-21(18)19/h1-11,16H,12-15,17H2/p+1/b24-16+. The van der Waals surface area contributed by atoms with Gasteiger partial charge in [-0.3, -0.25) is 5.01 Å². The summed E-state index contributed by atoms with van der Waals surface area (Å²) in [5, 5.41) is 10.3. The highest BCUT2D eigenvalue weighted by Gasteiger charge is 2.19. The van der Waals surface area contributed by atoms with E-state index in [1.54, 1.807) is 4.90 Å².